The maximum absolute atomic E-state index is 12.3. The molecule has 3 N–H and O–H groups in total. The molecule has 124 valence electrons. The van der Waals surface area contributed by atoms with E-state index in [9.17, 15) is 8.42 Å². The fourth-order valence-corrected chi connectivity index (χ4v) is 3.69. The minimum atomic E-state index is -3.73. The van der Waals surface area contributed by atoms with E-state index in [-0.39, 0.29) is 27.8 Å². The molecule has 0 saturated carbocycles. The Morgan fingerprint density at radius 1 is 1.55 bits per heavy atom. The van der Waals surface area contributed by atoms with Crippen molar-refractivity contribution in [2.75, 3.05) is 38.6 Å². The van der Waals surface area contributed by atoms with Crippen molar-refractivity contribution in [2.45, 2.75) is 24.3 Å². The lowest BCUT2D eigenvalue weighted by Gasteiger charge is -2.42. The molecule has 1 fully saturated rings. The molecule has 0 aliphatic carbocycles. The zero-order valence-corrected chi connectivity index (χ0v) is 14.2. The summed E-state index contributed by atoms with van der Waals surface area (Å²) in [5.41, 5.74) is 5.51. The third-order valence-corrected chi connectivity index (χ3v) is 5.33. The van der Waals surface area contributed by atoms with Gasteiger partial charge in [-0.1, -0.05) is 11.6 Å². The second kappa shape index (κ2) is 6.67. The Balaban J connectivity index is 2.00. The zero-order valence-electron chi connectivity index (χ0n) is 12.7. The number of nitrogens with zero attached hydrogens (tertiary/aromatic N) is 2. The van der Waals surface area contributed by atoms with Crippen LogP contribution in [-0.2, 0) is 14.8 Å². The van der Waals surface area contributed by atoms with Crippen molar-refractivity contribution < 1.29 is 13.2 Å². The number of nitrogens with two attached hydrogens (primary N) is 1. The molecule has 0 amide bonds. The van der Waals surface area contributed by atoms with Crippen LogP contribution in [0.4, 0.5) is 5.82 Å². The molecule has 0 spiro atoms. The maximum Gasteiger partial charge on any atom is 0.244 e. The highest BCUT2D eigenvalue weighted by molar-refractivity contribution is 7.89. The molecule has 0 bridgehead atoms. The number of nitrogen functional groups attached to an aromatic ring is 1. The monoisotopic (exact) mass is 348 g/mol. The molecular weight excluding hydrogens is 328 g/mol. The topological polar surface area (TPSA) is 97.5 Å². The van der Waals surface area contributed by atoms with E-state index in [1.165, 1.54) is 12.3 Å². The zero-order chi connectivity index (χ0) is 16.4. The summed E-state index contributed by atoms with van der Waals surface area (Å²) in [4.78, 5) is 5.86. The second-order valence-electron chi connectivity index (χ2n) is 5.79. The second-order valence-corrected chi connectivity index (χ2v) is 7.96. The number of rotatable bonds is 5. The van der Waals surface area contributed by atoms with E-state index in [2.05, 4.69) is 28.5 Å². The fourth-order valence-electron chi connectivity index (χ4n) is 2.34. The Morgan fingerprint density at radius 3 is 2.95 bits per heavy atom. The first-order chi connectivity index (χ1) is 10.2. The summed E-state index contributed by atoms with van der Waals surface area (Å²) >= 11 is 5.78. The van der Waals surface area contributed by atoms with Gasteiger partial charge in [-0.2, -0.15) is 0 Å². The van der Waals surface area contributed by atoms with Crippen LogP contribution in [0.5, 0.6) is 0 Å². The summed E-state index contributed by atoms with van der Waals surface area (Å²) in [6.07, 6.45) is 1.31. The molecule has 1 aromatic rings. The van der Waals surface area contributed by atoms with Gasteiger partial charge < -0.3 is 10.5 Å². The van der Waals surface area contributed by atoms with Gasteiger partial charge in [-0.15, -0.1) is 0 Å². The SMILES string of the molecule is CC1(C)COCCN1CCNS(=O)(=O)c1cc(Cl)cnc1N. The Morgan fingerprint density at radius 2 is 2.27 bits per heavy atom. The van der Waals surface area contributed by atoms with Crippen LogP contribution in [0.15, 0.2) is 17.2 Å². The lowest BCUT2D eigenvalue weighted by atomic mass is 10.0. The largest absolute Gasteiger partial charge is 0.383 e. The van der Waals surface area contributed by atoms with Crippen molar-refractivity contribution >= 4 is 27.4 Å². The van der Waals surface area contributed by atoms with Gasteiger partial charge >= 0.3 is 0 Å². The third kappa shape index (κ3) is 4.08. The van der Waals surface area contributed by atoms with E-state index in [1.807, 2.05) is 0 Å². The first-order valence-corrected chi connectivity index (χ1v) is 8.82. The average molecular weight is 349 g/mol. The predicted octanol–water partition coefficient (Wildman–Crippen LogP) is 0.706. The number of anilines is 1. The van der Waals surface area contributed by atoms with E-state index >= 15 is 0 Å². The van der Waals surface area contributed by atoms with E-state index in [4.69, 9.17) is 22.1 Å². The first-order valence-electron chi connectivity index (χ1n) is 6.96. The van der Waals surface area contributed by atoms with Gasteiger partial charge in [-0.05, 0) is 19.9 Å². The van der Waals surface area contributed by atoms with Gasteiger partial charge in [-0.3, -0.25) is 4.90 Å². The van der Waals surface area contributed by atoms with Crippen LogP contribution < -0.4 is 10.5 Å². The first kappa shape index (κ1) is 17.4. The number of nitrogens with one attached hydrogen (secondary N) is 1. The molecule has 1 aliphatic heterocycles. The molecule has 22 heavy (non-hydrogen) atoms. The standard InChI is InChI=1S/C13H21ClN4O3S/c1-13(2)9-21-6-5-18(13)4-3-17-22(19,20)11-7-10(14)8-16-12(11)15/h7-8,17H,3-6,9H2,1-2H3,(H2,15,16). The number of pyridine rings is 1. The molecule has 2 rings (SSSR count). The predicted molar refractivity (Wildman–Crippen MR) is 85.3 cm³/mol. The molecule has 1 aliphatic rings. The van der Waals surface area contributed by atoms with Gasteiger partial charge in [0.05, 0.1) is 18.2 Å². The molecule has 1 aromatic heterocycles. The molecule has 0 aromatic carbocycles. The van der Waals surface area contributed by atoms with Crippen LogP contribution >= 0.6 is 11.6 Å². The highest BCUT2D eigenvalue weighted by atomic mass is 35.5. The number of hydrogen-bond donors (Lipinski definition) is 2. The Kier molecular flexibility index (Phi) is 5.29. The Labute approximate surface area is 135 Å². The molecular formula is C13H21ClN4O3S. The molecule has 0 atom stereocenters. The van der Waals surface area contributed by atoms with E-state index in [1.54, 1.807) is 0 Å². The molecule has 1 saturated heterocycles. The Hall–Kier alpha value is -0.930. The van der Waals surface area contributed by atoms with Crippen molar-refractivity contribution in [2.24, 2.45) is 0 Å². The molecule has 0 unspecified atom stereocenters. The van der Waals surface area contributed by atoms with Crippen LogP contribution in [0.2, 0.25) is 5.02 Å². The minimum Gasteiger partial charge on any atom is -0.383 e. The van der Waals surface area contributed by atoms with Gasteiger partial charge in [-0.25, -0.2) is 18.1 Å². The Bertz CT molecular complexity index is 636. The number of aromatic nitrogens is 1. The molecule has 0 radical (unpaired) electrons. The quantitative estimate of drug-likeness (QED) is 0.813. The van der Waals surface area contributed by atoms with Crippen molar-refractivity contribution in [1.29, 1.82) is 0 Å². The van der Waals surface area contributed by atoms with Crippen LogP contribution in [0.1, 0.15) is 13.8 Å². The highest BCUT2D eigenvalue weighted by Crippen LogP contribution is 2.20. The van der Waals surface area contributed by atoms with Crippen LogP contribution in [-0.4, -0.2) is 56.7 Å². The third-order valence-electron chi connectivity index (χ3n) is 3.63. The smallest absolute Gasteiger partial charge is 0.244 e. The van der Waals surface area contributed by atoms with Gasteiger partial charge in [0, 0.05) is 31.4 Å². The summed E-state index contributed by atoms with van der Waals surface area (Å²) < 4.78 is 32.5. The van der Waals surface area contributed by atoms with Gasteiger partial charge in [0.2, 0.25) is 10.0 Å². The van der Waals surface area contributed by atoms with Crippen molar-refractivity contribution in [3.05, 3.63) is 17.3 Å². The number of halogens is 1. The van der Waals surface area contributed by atoms with Crippen molar-refractivity contribution in [3.8, 4) is 0 Å². The van der Waals surface area contributed by atoms with E-state index in [0.717, 1.165) is 6.54 Å². The summed E-state index contributed by atoms with van der Waals surface area (Å²) in [6, 6.07) is 1.30. The lowest BCUT2D eigenvalue weighted by Crippen LogP contribution is -2.54. The van der Waals surface area contributed by atoms with E-state index < -0.39 is 10.0 Å². The van der Waals surface area contributed by atoms with Crippen LogP contribution in [0, 0.1) is 0 Å². The maximum atomic E-state index is 12.3. The number of morpholine rings is 1. The van der Waals surface area contributed by atoms with Crippen molar-refractivity contribution in [1.82, 2.24) is 14.6 Å². The number of sulfonamides is 1. The average Bonchev–Trinajstić information content (AvgIpc) is 2.43. The number of ether oxygens (including phenoxy) is 1. The van der Waals surface area contributed by atoms with Gasteiger partial charge in [0.25, 0.3) is 0 Å². The van der Waals surface area contributed by atoms with Crippen LogP contribution in [0.25, 0.3) is 0 Å². The summed E-state index contributed by atoms with van der Waals surface area (Å²) in [6.45, 7) is 7.06. The fraction of sp³-hybridized carbons (Fsp3) is 0.615. The number of hydrogen-bond acceptors (Lipinski definition) is 6. The normalized spacial score (nSPS) is 19.2. The van der Waals surface area contributed by atoms with E-state index in [0.29, 0.717) is 19.8 Å². The lowest BCUT2D eigenvalue weighted by molar-refractivity contribution is -0.0495. The van der Waals surface area contributed by atoms with Crippen molar-refractivity contribution in [3.63, 3.8) is 0 Å². The summed E-state index contributed by atoms with van der Waals surface area (Å²) in [7, 11) is -3.73. The van der Waals surface area contributed by atoms with Gasteiger partial charge in [0.15, 0.2) is 0 Å². The summed E-state index contributed by atoms with van der Waals surface area (Å²) in [5.74, 6) is -0.0661. The molecule has 9 heteroatoms. The van der Waals surface area contributed by atoms with Crippen LogP contribution in [0.3, 0.4) is 0 Å². The molecule has 7 nitrogen and oxygen atoms in total. The summed E-state index contributed by atoms with van der Waals surface area (Å²) in [5, 5.41) is 0.226. The highest BCUT2D eigenvalue weighted by Gasteiger charge is 2.30. The van der Waals surface area contributed by atoms with Gasteiger partial charge in [0.1, 0.15) is 10.7 Å². The minimum absolute atomic E-state index is 0.0661. The molecule has 2 heterocycles.